The standard InChI is InChI=1S/C27H43NO4.C20H31NO2.C7H12O2.CH4/c1-8-11-17-31-25(30)24(18-20(4)22-15-13-12-14-16-22)32-28-26(6,9-2)19-23(29)21(5)27(28,7)10-3;1-7-19(5)14-18(22)15(3)20(6,8-2)21(19)23-16(4)17-12-10-9-11-13-17;1-3-5-6-9-7(8)4-2;/h12-16,20-21,24H,8-11,17-19H2,1-7H3;9-13,15-16H,7-8,14H2,1-6H3;4H,2-3,5-6H2,1H3;1H4. The first-order valence-corrected chi connectivity index (χ1v) is 24.3. The van der Waals surface area contributed by atoms with Crippen molar-refractivity contribution < 1.29 is 38.3 Å². The number of ketones is 2. The second-order valence-corrected chi connectivity index (χ2v) is 19.0. The number of piperidine rings is 2. The van der Waals surface area contributed by atoms with Gasteiger partial charge in [0.15, 0.2) is 6.10 Å². The smallest absolute Gasteiger partial charge is 0.337 e. The molecule has 2 saturated heterocycles. The van der Waals surface area contributed by atoms with Crippen LogP contribution in [0.5, 0.6) is 0 Å². The maximum Gasteiger partial charge on any atom is 0.337 e. The minimum atomic E-state index is -0.723. The summed E-state index contributed by atoms with van der Waals surface area (Å²) in [5, 5.41) is 4.15. The van der Waals surface area contributed by atoms with Crippen LogP contribution in [-0.4, -0.2) is 75.1 Å². The number of nitrogens with zero attached hydrogens (tertiary/aromatic N) is 2. The second kappa shape index (κ2) is 27.8. The fourth-order valence-corrected chi connectivity index (χ4v) is 8.69. The summed E-state index contributed by atoms with van der Waals surface area (Å²) in [5.74, 6) is -0.0922. The molecule has 10 heteroatoms. The number of hydrogen-bond donors (Lipinski definition) is 0. The van der Waals surface area contributed by atoms with Gasteiger partial charge in [0.25, 0.3) is 0 Å². The molecule has 0 aromatic heterocycles. The largest absolute Gasteiger partial charge is 0.464 e. The van der Waals surface area contributed by atoms with Gasteiger partial charge in [0, 0.05) is 30.8 Å². The molecule has 10 nitrogen and oxygen atoms in total. The summed E-state index contributed by atoms with van der Waals surface area (Å²) in [6.45, 7) is 33.5. The topological polar surface area (TPSA) is 112 Å². The zero-order valence-corrected chi connectivity index (χ0v) is 42.3. The molecule has 0 saturated carbocycles. The van der Waals surface area contributed by atoms with Gasteiger partial charge in [-0.05, 0) is 96.6 Å². The van der Waals surface area contributed by atoms with Crippen LogP contribution in [0.2, 0.25) is 0 Å². The van der Waals surface area contributed by atoms with Crippen molar-refractivity contribution in [2.24, 2.45) is 11.8 Å². The van der Waals surface area contributed by atoms with E-state index in [9.17, 15) is 19.2 Å². The fourth-order valence-electron chi connectivity index (χ4n) is 8.69. The molecule has 9 atom stereocenters. The quantitative estimate of drug-likeness (QED) is 0.0723. The Hall–Kier alpha value is -3.70. The van der Waals surface area contributed by atoms with E-state index in [1.54, 1.807) is 0 Å². The van der Waals surface area contributed by atoms with Crippen molar-refractivity contribution in [2.75, 3.05) is 13.2 Å². The van der Waals surface area contributed by atoms with E-state index in [0.29, 0.717) is 38.3 Å². The molecule has 0 radical (unpaired) electrons. The average molecular weight is 907 g/mol. The fraction of sp³-hybridized carbons (Fsp3) is 0.673. The predicted molar refractivity (Wildman–Crippen MR) is 265 cm³/mol. The maximum atomic E-state index is 13.2. The number of benzene rings is 2. The molecule has 2 aliphatic heterocycles. The van der Waals surface area contributed by atoms with Crippen LogP contribution in [0.4, 0.5) is 0 Å². The van der Waals surface area contributed by atoms with E-state index in [1.165, 1.54) is 11.6 Å². The van der Waals surface area contributed by atoms with Crippen molar-refractivity contribution in [3.05, 3.63) is 84.4 Å². The van der Waals surface area contributed by atoms with Gasteiger partial charge in [-0.25, -0.2) is 9.59 Å². The summed E-state index contributed by atoms with van der Waals surface area (Å²) in [4.78, 5) is 62.0. The van der Waals surface area contributed by atoms with Gasteiger partial charge in [0.1, 0.15) is 17.7 Å². The third-order valence-electron chi connectivity index (χ3n) is 14.4. The van der Waals surface area contributed by atoms with Crippen LogP contribution in [0.3, 0.4) is 0 Å². The summed E-state index contributed by atoms with van der Waals surface area (Å²) in [7, 11) is 0. The summed E-state index contributed by atoms with van der Waals surface area (Å²) >= 11 is 0. The van der Waals surface area contributed by atoms with E-state index in [4.69, 9.17) is 14.4 Å². The molecular weight excluding hydrogens is 817 g/mol. The van der Waals surface area contributed by atoms with Crippen molar-refractivity contribution in [2.45, 2.75) is 215 Å². The predicted octanol–water partition coefficient (Wildman–Crippen LogP) is 13.2. The van der Waals surface area contributed by atoms with E-state index >= 15 is 0 Å². The minimum absolute atomic E-state index is 0. The average Bonchev–Trinajstić information content (AvgIpc) is 3.30. The van der Waals surface area contributed by atoms with Gasteiger partial charge in [-0.3, -0.25) is 19.3 Å². The molecule has 368 valence electrons. The molecule has 2 aliphatic rings. The van der Waals surface area contributed by atoms with Gasteiger partial charge >= 0.3 is 11.9 Å². The lowest BCUT2D eigenvalue weighted by molar-refractivity contribution is -0.315. The van der Waals surface area contributed by atoms with E-state index in [-0.39, 0.29) is 60.1 Å². The first kappa shape index (κ1) is 59.3. The molecule has 0 aliphatic carbocycles. The summed E-state index contributed by atoms with van der Waals surface area (Å²) in [5.41, 5.74) is 0.848. The number of carbonyl (C=O) groups is 4. The SMILES string of the molecule is C.C=CC(=O)OCCCC.CCC1(C)CC(=O)C(C)C(C)(CC)N1OC(C)c1ccccc1.CCCCOC(=O)C(CC(C)c1ccccc1)ON1C(C)(CC)CC(=O)C(C)C1(C)CC. The summed E-state index contributed by atoms with van der Waals surface area (Å²) < 4.78 is 10.3. The van der Waals surface area contributed by atoms with Gasteiger partial charge in [-0.1, -0.05) is 150 Å². The number of carbonyl (C=O) groups excluding carboxylic acids is 4. The van der Waals surface area contributed by atoms with E-state index in [1.807, 2.05) is 62.2 Å². The number of unbranched alkanes of at least 4 members (excludes halogenated alkanes) is 2. The highest BCUT2D eigenvalue weighted by Gasteiger charge is 2.55. The van der Waals surface area contributed by atoms with Crippen molar-refractivity contribution in [3.63, 3.8) is 0 Å². The van der Waals surface area contributed by atoms with Crippen LogP contribution in [0.15, 0.2) is 73.3 Å². The highest BCUT2D eigenvalue weighted by atomic mass is 16.7. The van der Waals surface area contributed by atoms with Gasteiger partial charge in [0.2, 0.25) is 0 Å². The zero-order chi connectivity index (χ0) is 48.3. The molecule has 2 heterocycles. The molecule has 4 rings (SSSR count). The molecule has 0 spiro atoms. The first-order chi connectivity index (χ1) is 30.2. The second-order valence-electron chi connectivity index (χ2n) is 19.0. The molecule has 2 fully saturated rings. The number of Topliss-reactive ketones (excluding diaryl/α,β-unsaturated/α-hetero) is 2. The lowest BCUT2D eigenvalue weighted by atomic mass is 9.70. The Morgan fingerprint density at radius 3 is 1.49 bits per heavy atom. The van der Waals surface area contributed by atoms with Crippen molar-refractivity contribution in [1.82, 2.24) is 10.1 Å². The Kier molecular flexibility index (Phi) is 25.4. The summed E-state index contributed by atoms with van der Waals surface area (Å²) in [6, 6.07) is 20.5. The van der Waals surface area contributed by atoms with Gasteiger partial charge in [-0.2, -0.15) is 10.1 Å². The number of hydrogen-bond acceptors (Lipinski definition) is 10. The maximum absolute atomic E-state index is 13.2. The number of hydroxylamine groups is 4. The molecular formula is C55H90N2O8. The molecule has 2 aromatic carbocycles. The highest BCUT2D eigenvalue weighted by Crippen LogP contribution is 2.46. The molecule has 2 aromatic rings. The Morgan fingerprint density at radius 1 is 0.677 bits per heavy atom. The van der Waals surface area contributed by atoms with Gasteiger partial charge in [-0.15, -0.1) is 0 Å². The number of esters is 2. The monoisotopic (exact) mass is 907 g/mol. The number of rotatable bonds is 20. The van der Waals surface area contributed by atoms with Crippen LogP contribution in [0, 0.1) is 11.8 Å². The molecule has 0 amide bonds. The Labute approximate surface area is 395 Å². The summed E-state index contributed by atoms with van der Waals surface area (Å²) in [6.07, 6.45) is 8.98. The first-order valence-electron chi connectivity index (χ1n) is 24.3. The van der Waals surface area contributed by atoms with E-state index < -0.39 is 17.2 Å². The van der Waals surface area contributed by atoms with Crippen LogP contribution in [0.25, 0.3) is 0 Å². The third-order valence-corrected chi connectivity index (χ3v) is 14.4. The molecule has 65 heavy (non-hydrogen) atoms. The van der Waals surface area contributed by atoms with Crippen LogP contribution < -0.4 is 0 Å². The third kappa shape index (κ3) is 15.7. The molecule has 0 N–H and O–H groups in total. The van der Waals surface area contributed by atoms with Crippen LogP contribution >= 0.6 is 0 Å². The Morgan fingerprint density at radius 2 is 1.09 bits per heavy atom. The number of ether oxygens (including phenoxy) is 2. The van der Waals surface area contributed by atoms with Crippen LogP contribution in [0.1, 0.15) is 198 Å². The van der Waals surface area contributed by atoms with Gasteiger partial charge in [0.05, 0.1) is 35.4 Å². The Bertz CT molecular complexity index is 1740. The normalized spacial score (nSPS) is 27.0. The molecule has 0 bridgehead atoms. The van der Waals surface area contributed by atoms with Crippen molar-refractivity contribution in [1.29, 1.82) is 0 Å². The highest BCUT2D eigenvalue weighted by molar-refractivity contribution is 5.85. The van der Waals surface area contributed by atoms with Gasteiger partial charge < -0.3 is 9.47 Å². The van der Waals surface area contributed by atoms with Crippen molar-refractivity contribution >= 4 is 23.5 Å². The lowest BCUT2D eigenvalue weighted by Crippen LogP contribution is -2.67. The lowest BCUT2D eigenvalue weighted by Gasteiger charge is -2.56. The zero-order valence-electron chi connectivity index (χ0n) is 42.3. The minimum Gasteiger partial charge on any atom is -0.464 e. The van der Waals surface area contributed by atoms with Crippen LogP contribution in [-0.2, 0) is 38.3 Å². The van der Waals surface area contributed by atoms with E-state index in [2.05, 4.69) is 117 Å². The van der Waals surface area contributed by atoms with Crippen molar-refractivity contribution in [3.8, 4) is 0 Å². The Balaban J connectivity index is 0.000000557. The van der Waals surface area contributed by atoms with E-state index in [0.717, 1.165) is 56.9 Å². The molecule has 9 unspecified atom stereocenters.